The molecule has 2 rings (SSSR count). The summed E-state index contributed by atoms with van der Waals surface area (Å²) in [5, 5.41) is 4.29. The molecule has 0 saturated carbocycles. The highest BCUT2D eigenvalue weighted by molar-refractivity contribution is 7.10. The van der Waals surface area contributed by atoms with E-state index in [4.69, 9.17) is 5.73 Å². The van der Waals surface area contributed by atoms with E-state index < -0.39 is 0 Å². The molecule has 0 aromatic carbocycles. The molecule has 2 aromatic rings. The third kappa shape index (κ3) is 3.20. The number of thiophene rings is 2. The van der Waals surface area contributed by atoms with E-state index in [1.165, 1.54) is 15.3 Å². The van der Waals surface area contributed by atoms with Gasteiger partial charge < -0.3 is 5.73 Å². The summed E-state index contributed by atoms with van der Waals surface area (Å²) in [5.74, 6) is 0. The Morgan fingerprint density at radius 1 is 1.28 bits per heavy atom. The molecular weight excluding hydrogens is 260 g/mol. The normalized spacial score (nSPS) is 13.1. The zero-order chi connectivity index (χ0) is 13.0. The average Bonchev–Trinajstić information content (AvgIpc) is 3.00. The molecule has 0 amide bonds. The summed E-state index contributed by atoms with van der Waals surface area (Å²) in [5.41, 5.74) is 7.31. The van der Waals surface area contributed by atoms with Crippen molar-refractivity contribution in [3.63, 3.8) is 0 Å². The number of hydrogen-bond acceptors (Lipinski definition) is 4. The highest BCUT2D eigenvalue weighted by Gasteiger charge is 2.18. The number of likely N-dealkylation sites (N-methyl/N-ethyl adjacent to an activating group) is 1. The van der Waals surface area contributed by atoms with Crippen LogP contribution in [0, 0.1) is 6.92 Å². The Morgan fingerprint density at radius 3 is 2.67 bits per heavy atom. The van der Waals surface area contributed by atoms with Gasteiger partial charge in [-0.2, -0.15) is 0 Å². The predicted molar refractivity (Wildman–Crippen MR) is 81.5 cm³/mol. The molecule has 0 bridgehead atoms. The fourth-order valence-electron chi connectivity index (χ4n) is 2.11. The van der Waals surface area contributed by atoms with Crippen LogP contribution in [0.15, 0.2) is 29.0 Å². The number of aryl methyl sites for hydroxylation is 1. The minimum absolute atomic E-state index is 0.352. The highest BCUT2D eigenvalue weighted by atomic mass is 32.1. The molecule has 0 saturated heterocycles. The molecule has 18 heavy (non-hydrogen) atoms. The zero-order valence-electron chi connectivity index (χ0n) is 10.9. The average molecular weight is 280 g/mol. The third-order valence-electron chi connectivity index (χ3n) is 3.25. The van der Waals surface area contributed by atoms with Crippen LogP contribution < -0.4 is 5.73 Å². The Kier molecular flexibility index (Phi) is 4.95. The van der Waals surface area contributed by atoms with Crippen molar-refractivity contribution < 1.29 is 0 Å². The van der Waals surface area contributed by atoms with E-state index >= 15 is 0 Å². The lowest BCUT2D eigenvalue weighted by Gasteiger charge is -2.26. The first-order valence-electron chi connectivity index (χ1n) is 6.19. The van der Waals surface area contributed by atoms with Crippen LogP contribution >= 0.6 is 22.7 Å². The van der Waals surface area contributed by atoms with Crippen molar-refractivity contribution >= 4 is 22.7 Å². The van der Waals surface area contributed by atoms with Gasteiger partial charge in [0.05, 0.1) is 6.04 Å². The Hall–Kier alpha value is -0.680. The summed E-state index contributed by atoms with van der Waals surface area (Å²) in [6.07, 6.45) is 1.11. The molecular formula is C14H20N2S2. The standard InChI is InChI=1S/C14H20N2S2/c1-11-6-9-18-14(11)13(10-15)16(2)7-5-12-4-3-8-17-12/h3-4,6,8-9,13H,5,7,10,15H2,1-2H3. The van der Waals surface area contributed by atoms with E-state index in [-0.39, 0.29) is 0 Å². The van der Waals surface area contributed by atoms with Crippen molar-refractivity contribution in [3.05, 3.63) is 44.3 Å². The van der Waals surface area contributed by atoms with Crippen molar-refractivity contribution in [2.24, 2.45) is 5.73 Å². The number of hydrogen-bond donors (Lipinski definition) is 1. The maximum Gasteiger partial charge on any atom is 0.0564 e. The lowest BCUT2D eigenvalue weighted by Crippen LogP contribution is -2.31. The predicted octanol–water partition coefficient (Wildman–Crippen LogP) is 3.29. The molecule has 98 valence electrons. The van der Waals surface area contributed by atoms with Crippen LogP contribution in [0.3, 0.4) is 0 Å². The molecule has 0 fully saturated rings. The molecule has 0 spiro atoms. The number of nitrogens with zero attached hydrogens (tertiary/aromatic N) is 1. The summed E-state index contributed by atoms with van der Waals surface area (Å²) in [6, 6.07) is 6.84. The largest absolute Gasteiger partial charge is 0.329 e. The smallest absolute Gasteiger partial charge is 0.0564 e. The second kappa shape index (κ2) is 6.48. The Bertz CT molecular complexity index is 462. The minimum atomic E-state index is 0.352. The topological polar surface area (TPSA) is 29.3 Å². The Morgan fingerprint density at radius 2 is 2.11 bits per heavy atom. The molecule has 0 radical (unpaired) electrons. The van der Waals surface area contributed by atoms with Gasteiger partial charge in [0, 0.05) is 22.8 Å². The van der Waals surface area contributed by atoms with Gasteiger partial charge in [-0.1, -0.05) is 6.07 Å². The van der Waals surface area contributed by atoms with Gasteiger partial charge >= 0.3 is 0 Å². The maximum absolute atomic E-state index is 5.95. The summed E-state index contributed by atoms with van der Waals surface area (Å²) >= 11 is 3.64. The van der Waals surface area contributed by atoms with Crippen molar-refractivity contribution in [2.75, 3.05) is 20.1 Å². The minimum Gasteiger partial charge on any atom is -0.329 e. The van der Waals surface area contributed by atoms with Crippen LogP contribution in [0.1, 0.15) is 21.4 Å². The van der Waals surface area contributed by atoms with E-state index in [0.717, 1.165) is 13.0 Å². The number of rotatable bonds is 6. The molecule has 2 aromatic heterocycles. The van der Waals surface area contributed by atoms with Crippen LogP contribution in [0.4, 0.5) is 0 Å². The van der Waals surface area contributed by atoms with Gasteiger partial charge in [-0.05, 0) is 48.8 Å². The van der Waals surface area contributed by atoms with Crippen molar-refractivity contribution in [1.29, 1.82) is 0 Å². The van der Waals surface area contributed by atoms with Crippen LogP contribution in [0.5, 0.6) is 0 Å². The van der Waals surface area contributed by atoms with Crippen molar-refractivity contribution in [2.45, 2.75) is 19.4 Å². The van der Waals surface area contributed by atoms with Crippen molar-refractivity contribution in [1.82, 2.24) is 4.90 Å². The summed E-state index contributed by atoms with van der Waals surface area (Å²) in [7, 11) is 2.17. The van der Waals surface area contributed by atoms with Gasteiger partial charge in [-0.25, -0.2) is 0 Å². The van der Waals surface area contributed by atoms with Crippen LogP contribution in [-0.4, -0.2) is 25.0 Å². The molecule has 0 aliphatic heterocycles. The Balaban J connectivity index is 1.98. The monoisotopic (exact) mass is 280 g/mol. The first-order valence-corrected chi connectivity index (χ1v) is 7.95. The lowest BCUT2D eigenvalue weighted by atomic mass is 10.1. The molecule has 2 nitrogen and oxygen atoms in total. The first-order chi connectivity index (χ1) is 8.72. The lowest BCUT2D eigenvalue weighted by molar-refractivity contribution is 0.256. The second-order valence-corrected chi connectivity index (χ2v) is 6.51. The third-order valence-corrected chi connectivity index (χ3v) is 5.31. The molecule has 2 heterocycles. The van der Waals surface area contributed by atoms with Crippen LogP contribution in [-0.2, 0) is 6.42 Å². The summed E-state index contributed by atoms with van der Waals surface area (Å²) in [4.78, 5) is 5.23. The van der Waals surface area contributed by atoms with E-state index in [1.807, 2.05) is 22.7 Å². The molecule has 0 aliphatic rings. The molecule has 0 aliphatic carbocycles. The van der Waals surface area contributed by atoms with Gasteiger partial charge in [-0.3, -0.25) is 4.90 Å². The molecule has 1 atom stereocenters. The molecule has 1 unspecified atom stereocenters. The quantitative estimate of drug-likeness (QED) is 0.880. The van der Waals surface area contributed by atoms with Crippen LogP contribution in [0.2, 0.25) is 0 Å². The fraction of sp³-hybridized carbons (Fsp3) is 0.429. The Labute approximate surface area is 117 Å². The van der Waals surface area contributed by atoms with Gasteiger partial charge in [0.25, 0.3) is 0 Å². The van der Waals surface area contributed by atoms with E-state index in [1.54, 1.807) is 0 Å². The van der Waals surface area contributed by atoms with Crippen LogP contribution in [0.25, 0.3) is 0 Å². The molecule has 2 N–H and O–H groups in total. The summed E-state index contributed by atoms with van der Waals surface area (Å²) in [6.45, 7) is 3.91. The van der Waals surface area contributed by atoms with E-state index in [2.05, 4.69) is 47.8 Å². The van der Waals surface area contributed by atoms with Crippen molar-refractivity contribution in [3.8, 4) is 0 Å². The van der Waals surface area contributed by atoms with Gasteiger partial charge in [-0.15, -0.1) is 22.7 Å². The van der Waals surface area contributed by atoms with E-state index in [0.29, 0.717) is 12.6 Å². The number of nitrogens with two attached hydrogens (primary N) is 1. The first kappa shape index (κ1) is 13.7. The van der Waals surface area contributed by atoms with E-state index in [9.17, 15) is 0 Å². The maximum atomic E-state index is 5.95. The van der Waals surface area contributed by atoms with Gasteiger partial charge in [0.1, 0.15) is 0 Å². The SMILES string of the molecule is Cc1ccsc1C(CN)N(C)CCc1cccs1. The van der Waals surface area contributed by atoms with Gasteiger partial charge in [0.2, 0.25) is 0 Å². The summed E-state index contributed by atoms with van der Waals surface area (Å²) < 4.78 is 0. The molecule has 4 heteroatoms. The highest BCUT2D eigenvalue weighted by Crippen LogP contribution is 2.27. The zero-order valence-corrected chi connectivity index (χ0v) is 12.6. The van der Waals surface area contributed by atoms with Gasteiger partial charge in [0.15, 0.2) is 0 Å². The fourth-order valence-corrected chi connectivity index (χ4v) is 3.91. The second-order valence-electron chi connectivity index (χ2n) is 4.53.